The van der Waals surface area contributed by atoms with Crippen LogP contribution in [0.3, 0.4) is 0 Å². The smallest absolute Gasteiger partial charge is 0.154 e. The van der Waals surface area contributed by atoms with E-state index in [4.69, 9.17) is 9.47 Å². The predicted octanol–water partition coefficient (Wildman–Crippen LogP) is 2.74. The second kappa shape index (κ2) is 8.75. The Morgan fingerprint density at radius 2 is 1.92 bits per heavy atom. The van der Waals surface area contributed by atoms with E-state index in [2.05, 4.69) is 19.1 Å². The van der Waals surface area contributed by atoms with Crippen LogP contribution in [0.4, 0.5) is 0 Å². The molecule has 0 rings (SSSR count). The van der Waals surface area contributed by atoms with Gasteiger partial charge in [0.2, 0.25) is 0 Å². The van der Waals surface area contributed by atoms with Crippen LogP contribution >= 0.6 is 0 Å². The summed E-state index contributed by atoms with van der Waals surface area (Å²) < 4.78 is 10.6. The molecule has 0 bridgehead atoms. The van der Waals surface area contributed by atoms with E-state index in [-0.39, 0.29) is 6.29 Å². The van der Waals surface area contributed by atoms with Crippen molar-refractivity contribution in [2.45, 2.75) is 39.9 Å². The van der Waals surface area contributed by atoms with Crippen LogP contribution in [0.25, 0.3) is 0 Å². The van der Waals surface area contributed by atoms with E-state index in [9.17, 15) is 0 Å². The zero-order chi connectivity index (χ0) is 9.23. The monoisotopic (exact) mass is 172 g/mol. The Kier molecular flexibility index (Phi) is 8.51. The molecule has 0 heterocycles. The fraction of sp³-hybridized carbons (Fsp3) is 0.800. The van der Waals surface area contributed by atoms with E-state index in [0.717, 1.165) is 19.4 Å². The van der Waals surface area contributed by atoms with Gasteiger partial charge in [0.1, 0.15) is 0 Å². The van der Waals surface area contributed by atoms with Gasteiger partial charge < -0.3 is 9.47 Å². The number of allylic oxidation sites excluding steroid dienone is 1. The highest BCUT2D eigenvalue weighted by atomic mass is 16.7. The summed E-state index contributed by atoms with van der Waals surface area (Å²) in [5, 5.41) is 0. The van der Waals surface area contributed by atoms with Crippen molar-refractivity contribution in [3.8, 4) is 0 Å². The number of hydrogen-bond acceptors (Lipinski definition) is 2. The molecule has 0 amide bonds. The molecule has 0 fully saturated rings. The maximum atomic E-state index is 5.36. The fourth-order valence-electron chi connectivity index (χ4n) is 0.869. The minimum Gasteiger partial charge on any atom is -0.353 e. The largest absolute Gasteiger partial charge is 0.353 e. The first-order chi connectivity index (χ1) is 5.81. The highest BCUT2D eigenvalue weighted by Crippen LogP contribution is 1.95. The molecule has 0 radical (unpaired) electrons. The highest BCUT2D eigenvalue weighted by Gasteiger charge is 1.97. The van der Waals surface area contributed by atoms with Crippen molar-refractivity contribution in [2.24, 2.45) is 0 Å². The molecule has 0 aromatic rings. The van der Waals surface area contributed by atoms with E-state index < -0.39 is 0 Å². The Morgan fingerprint density at radius 3 is 2.50 bits per heavy atom. The third kappa shape index (κ3) is 7.76. The van der Waals surface area contributed by atoms with Gasteiger partial charge in [0.15, 0.2) is 6.29 Å². The molecule has 12 heavy (non-hydrogen) atoms. The van der Waals surface area contributed by atoms with Crippen LogP contribution in [0.1, 0.15) is 33.6 Å². The maximum Gasteiger partial charge on any atom is 0.154 e. The normalized spacial score (nSPS) is 13.9. The lowest BCUT2D eigenvalue weighted by Gasteiger charge is -2.11. The minimum atomic E-state index is -0.0648. The molecule has 0 aromatic carbocycles. The molecular weight excluding hydrogens is 152 g/mol. The van der Waals surface area contributed by atoms with E-state index in [1.54, 1.807) is 0 Å². The lowest BCUT2D eigenvalue weighted by molar-refractivity contribution is -0.125. The molecule has 0 spiro atoms. The zero-order valence-electron chi connectivity index (χ0n) is 8.38. The molecule has 0 N–H and O–H groups in total. The SMILES string of the molecule is CC/C=C\CCOC(C)OCC. The summed E-state index contributed by atoms with van der Waals surface area (Å²) in [6.45, 7) is 7.48. The van der Waals surface area contributed by atoms with Gasteiger partial charge in [0.05, 0.1) is 6.61 Å². The molecule has 2 heteroatoms. The van der Waals surface area contributed by atoms with Crippen LogP contribution in [-0.4, -0.2) is 19.5 Å². The molecule has 2 nitrogen and oxygen atoms in total. The van der Waals surface area contributed by atoms with Crippen molar-refractivity contribution >= 4 is 0 Å². The molecule has 0 saturated carbocycles. The topological polar surface area (TPSA) is 18.5 Å². The second-order valence-electron chi connectivity index (χ2n) is 2.56. The Morgan fingerprint density at radius 1 is 1.17 bits per heavy atom. The molecule has 72 valence electrons. The van der Waals surface area contributed by atoms with Gasteiger partial charge in [0.25, 0.3) is 0 Å². The van der Waals surface area contributed by atoms with Gasteiger partial charge in [-0.05, 0) is 26.7 Å². The summed E-state index contributed by atoms with van der Waals surface area (Å²) in [6, 6.07) is 0. The summed E-state index contributed by atoms with van der Waals surface area (Å²) in [7, 11) is 0. The zero-order valence-corrected chi connectivity index (χ0v) is 8.38. The predicted molar refractivity (Wildman–Crippen MR) is 51.1 cm³/mol. The first-order valence-electron chi connectivity index (χ1n) is 4.69. The molecular formula is C10H20O2. The molecule has 0 aliphatic carbocycles. The summed E-state index contributed by atoms with van der Waals surface area (Å²) in [6.07, 6.45) is 6.30. The molecule has 1 atom stereocenters. The highest BCUT2D eigenvalue weighted by molar-refractivity contribution is 4.79. The van der Waals surface area contributed by atoms with Gasteiger partial charge in [-0.1, -0.05) is 19.1 Å². The Bertz CT molecular complexity index is 110. The number of hydrogen-bond donors (Lipinski definition) is 0. The van der Waals surface area contributed by atoms with Gasteiger partial charge in [-0.3, -0.25) is 0 Å². The first-order valence-corrected chi connectivity index (χ1v) is 4.69. The Labute approximate surface area is 75.6 Å². The van der Waals surface area contributed by atoms with Crippen molar-refractivity contribution in [2.75, 3.05) is 13.2 Å². The molecule has 0 saturated heterocycles. The third-order valence-corrected chi connectivity index (χ3v) is 1.44. The van der Waals surface area contributed by atoms with Crippen LogP contribution in [0, 0.1) is 0 Å². The summed E-state index contributed by atoms with van der Waals surface area (Å²) in [4.78, 5) is 0. The van der Waals surface area contributed by atoms with Crippen LogP contribution in [0.15, 0.2) is 12.2 Å². The van der Waals surface area contributed by atoms with Crippen molar-refractivity contribution in [3.63, 3.8) is 0 Å². The van der Waals surface area contributed by atoms with Crippen molar-refractivity contribution in [1.82, 2.24) is 0 Å². The first kappa shape index (κ1) is 11.7. The van der Waals surface area contributed by atoms with Crippen molar-refractivity contribution in [3.05, 3.63) is 12.2 Å². The number of ether oxygens (including phenoxy) is 2. The van der Waals surface area contributed by atoms with E-state index in [1.165, 1.54) is 0 Å². The molecule has 1 unspecified atom stereocenters. The van der Waals surface area contributed by atoms with Crippen LogP contribution in [0.2, 0.25) is 0 Å². The van der Waals surface area contributed by atoms with Crippen LogP contribution in [-0.2, 0) is 9.47 Å². The van der Waals surface area contributed by atoms with Crippen molar-refractivity contribution in [1.29, 1.82) is 0 Å². The summed E-state index contributed by atoms with van der Waals surface area (Å²) in [5.41, 5.74) is 0. The average Bonchev–Trinajstić information content (AvgIpc) is 2.05. The van der Waals surface area contributed by atoms with Gasteiger partial charge in [-0.25, -0.2) is 0 Å². The molecule has 0 aliphatic heterocycles. The standard InChI is InChI=1S/C10H20O2/c1-4-6-7-8-9-12-10(3)11-5-2/h6-7,10H,4-5,8-9H2,1-3H3/b7-6-. The fourth-order valence-corrected chi connectivity index (χ4v) is 0.869. The van der Waals surface area contributed by atoms with Gasteiger partial charge in [-0.15, -0.1) is 0 Å². The Hall–Kier alpha value is -0.340. The van der Waals surface area contributed by atoms with E-state index in [0.29, 0.717) is 6.61 Å². The summed E-state index contributed by atoms with van der Waals surface area (Å²) in [5.74, 6) is 0. The van der Waals surface area contributed by atoms with Crippen LogP contribution in [0.5, 0.6) is 0 Å². The second-order valence-corrected chi connectivity index (χ2v) is 2.56. The minimum absolute atomic E-state index is 0.0648. The third-order valence-electron chi connectivity index (χ3n) is 1.44. The number of rotatable bonds is 7. The van der Waals surface area contributed by atoms with Gasteiger partial charge >= 0.3 is 0 Å². The van der Waals surface area contributed by atoms with Crippen LogP contribution < -0.4 is 0 Å². The van der Waals surface area contributed by atoms with Gasteiger partial charge in [0, 0.05) is 6.61 Å². The van der Waals surface area contributed by atoms with E-state index >= 15 is 0 Å². The lowest BCUT2D eigenvalue weighted by atomic mass is 10.3. The molecule has 0 aromatic heterocycles. The maximum absolute atomic E-state index is 5.36. The summed E-state index contributed by atoms with van der Waals surface area (Å²) >= 11 is 0. The van der Waals surface area contributed by atoms with E-state index in [1.807, 2.05) is 13.8 Å². The van der Waals surface area contributed by atoms with Gasteiger partial charge in [-0.2, -0.15) is 0 Å². The molecule has 0 aliphatic rings. The Balaban J connectivity index is 3.13. The van der Waals surface area contributed by atoms with Crippen molar-refractivity contribution < 1.29 is 9.47 Å². The average molecular weight is 172 g/mol. The quantitative estimate of drug-likeness (QED) is 0.334. The lowest BCUT2D eigenvalue weighted by Crippen LogP contribution is -2.12.